The molecule has 0 aromatic carbocycles. The van der Waals surface area contributed by atoms with Crippen molar-refractivity contribution in [3.8, 4) is 0 Å². The first kappa shape index (κ1) is 10.3. The molecular weight excluding hydrogens is 195 g/mol. The average molecular weight is 210 g/mol. The SMILES string of the molecule is CCO[As](=O)(CC)OCC. The van der Waals surface area contributed by atoms with Gasteiger partial charge in [-0.1, -0.05) is 0 Å². The predicted molar refractivity (Wildman–Crippen MR) is 40.2 cm³/mol. The van der Waals surface area contributed by atoms with Crippen molar-refractivity contribution in [1.82, 2.24) is 0 Å². The molecule has 4 heteroatoms. The molecule has 0 spiro atoms. The van der Waals surface area contributed by atoms with Crippen LogP contribution in [0.25, 0.3) is 0 Å². The Balaban J connectivity index is 3.83. The molecule has 0 bridgehead atoms. The van der Waals surface area contributed by atoms with Crippen LogP contribution in [-0.2, 0) is 11.2 Å². The molecule has 0 amide bonds. The number of hydrogen-bond acceptors (Lipinski definition) is 3. The molecule has 0 radical (unpaired) electrons. The quantitative estimate of drug-likeness (QED) is 0.644. The average Bonchev–Trinajstić information content (AvgIpc) is 1.89. The minimum atomic E-state index is -3.30. The van der Waals surface area contributed by atoms with Crippen LogP contribution in [0.4, 0.5) is 0 Å². The second-order valence-electron chi connectivity index (χ2n) is 1.76. The van der Waals surface area contributed by atoms with Gasteiger partial charge in [0, 0.05) is 0 Å². The Morgan fingerprint density at radius 2 is 1.50 bits per heavy atom. The van der Waals surface area contributed by atoms with E-state index in [9.17, 15) is 3.74 Å². The molecule has 0 aromatic rings. The van der Waals surface area contributed by atoms with E-state index in [1.54, 1.807) is 0 Å². The zero-order valence-corrected chi connectivity index (χ0v) is 8.67. The molecule has 3 nitrogen and oxygen atoms in total. The van der Waals surface area contributed by atoms with Gasteiger partial charge in [-0.2, -0.15) is 0 Å². The Morgan fingerprint density at radius 3 is 1.70 bits per heavy atom. The monoisotopic (exact) mass is 210 g/mol. The molecule has 0 atom stereocenters. The predicted octanol–water partition coefficient (Wildman–Crippen LogP) is 1.45. The van der Waals surface area contributed by atoms with E-state index < -0.39 is 14.2 Å². The third-order valence-corrected chi connectivity index (χ3v) is 5.40. The third-order valence-electron chi connectivity index (χ3n) is 1.04. The molecular formula is C6H15AsO3. The Morgan fingerprint density at radius 1 is 1.10 bits per heavy atom. The molecule has 0 saturated heterocycles. The molecule has 0 N–H and O–H groups in total. The standard InChI is InChI=1S/C6H15AsO3/c1-4-7(8,9-5-2)10-6-3/h4-6H2,1-3H3. The molecule has 0 aliphatic rings. The van der Waals surface area contributed by atoms with Crippen molar-refractivity contribution >= 4 is 14.2 Å². The summed E-state index contributed by atoms with van der Waals surface area (Å²) < 4.78 is 21.4. The Hall–Kier alpha value is 0.278. The summed E-state index contributed by atoms with van der Waals surface area (Å²) in [5, 5.41) is 0.514. The summed E-state index contributed by atoms with van der Waals surface area (Å²) in [5.41, 5.74) is 0. The van der Waals surface area contributed by atoms with Crippen LogP contribution >= 0.6 is 0 Å². The molecule has 0 unspecified atom stereocenters. The zero-order valence-electron chi connectivity index (χ0n) is 6.79. The topological polar surface area (TPSA) is 35.5 Å². The van der Waals surface area contributed by atoms with E-state index in [-0.39, 0.29) is 0 Å². The van der Waals surface area contributed by atoms with Crippen molar-refractivity contribution in [2.24, 2.45) is 0 Å². The normalized spacial score (nSPS) is 11.9. The molecule has 0 fully saturated rings. The van der Waals surface area contributed by atoms with E-state index >= 15 is 0 Å². The summed E-state index contributed by atoms with van der Waals surface area (Å²) in [6.45, 7) is 6.42. The Labute approximate surface area is 65.1 Å². The minimum absolute atomic E-state index is 0.477. The van der Waals surface area contributed by atoms with Crippen molar-refractivity contribution in [1.29, 1.82) is 0 Å². The summed E-state index contributed by atoms with van der Waals surface area (Å²) in [6, 6.07) is 0. The van der Waals surface area contributed by atoms with Crippen molar-refractivity contribution < 1.29 is 11.2 Å². The van der Waals surface area contributed by atoms with Crippen LogP contribution < -0.4 is 0 Å². The molecule has 0 aliphatic carbocycles. The van der Waals surface area contributed by atoms with Crippen LogP contribution in [-0.4, -0.2) is 27.4 Å². The summed E-state index contributed by atoms with van der Waals surface area (Å²) in [7, 11) is 0. The van der Waals surface area contributed by atoms with Gasteiger partial charge < -0.3 is 0 Å². The summed E-state index contributed by atoms with van der Waals surface area (Å²) >= 11 is -3.30. The Kier molecular flexibility index (Phi) is 5.14. The molecule has 0 aromatic heterocycles. The van der Waals surface area contributed by atoms with Crippen molar-refractivity contribution in [2.75, 3.05) is 13.2 Å². The second-order valence-corrected chi connectivity index (χ2v) is 6.74. The van der Waals surface area contributed by atoms with E-state index in [1.807, 2.05) is 20.8 Å². The van der Waals surface area contributed by atoms with Crippen molar-refractivity contribution in [3.05, 3.63) is 0 Å². The molecule has 0 rings (SSSR count). The van der Waals surface area contributed by atoms with Gasteiger partial charge in [-0.3, -0.25) is 0 Å². The van der Waals surface area contributed by atoms with Crippen molar-refractivity contribution in [2.45, 2.75) is 26.0 Å². The van der Waals surface area contributed by atoms with Crippen LogP contribution in [0.5, 0.6) is 0 Å². The van der Waals surface area contributed by atoms with E-state index in [0.717, 1.165) is 0 Å². The first-order valence-corrected chi connectivity index (χ1v) is 7.19. The second kappa shape index (κ2) is 5.00. The van der Waals surface area contributed by atoms with E-state index in [2.05, 4.69) is 0 Å². The first-order chi connectivity index (χ1) is 4.68. The van der Waals surface area contributed by atoms with E-state index in [1.165, 1.54) is 0 Å². The van der Waals surface area contributed by atoms with Gasteiger partial charge in [0.1, 0.15) is 0 Å². The van der Waals surface area contributed by atoms with Crippen molar-refractivity contribution in [3.63, 3.8) is 0 Å². The van der Waals surface area contributed by atoms with Crippen LogP contribution in [0.2, 0.25) is 5.21 Å². The Bertz CT molecular complexity index is 114. The first-order valence-electron chi connectivity index (χ1n) is 3.56. The fraction of sp³-hybridized carbons (Fsp3) is 1.00. The van der Waals surface area contributed by atoms with Gasteiger partial charge in [-0.05, 0) is 0 Å². The van der Waals surface area contributed by atoms with Gasteiger partial charge in [0.2, 0.25) is 0 Å². The summed E-state index contributed by atoms with van der Waals surface area (Å²) in [5.74, 6) is 0. The van der Waals surface area contributed by atoms with Gasteiger partial charge >= 0.3 is 64.6 Å². The zero-order chi connectivity index (χ0) is 8.04. The number of hydrogen-bond donors (Lipinski definition) is 0. The summed E-state index contributed by atoms with van der Waals surface area (Å²) in [4.78, 5) is 0. The third kappa shape index (κ3) is 3.45. The fourth-order valence-electron chi connectivity index (χ4n) is 0.613. The van der Waals surface area contributed by atoms with Gasteiger partial charge in [-0.15, -0.1) is 0 Å². The van der Waals surface area contributed by atoms with Gasteiger partial charge in [0.15, 0.2) is 0 Å². The molecule has 0 heterocycles. The van der Waals surface area contributed by atoms with Crippen LogP contribution in [0, 0.1) is 0 Å². The maximum absolute atomic E-state index is 11.4. The van der Waals surface area contributed by atoms with E-state index in [4.69, 9.17) is 7.45 Å². The maximum atomic E-state index is 11.4. The molecule has 62 valence electrons. The van der Waals surface area contributed by atoms with E-state index in [0.29, 0.717) is 18.4 Å². The van der Waals surface area contributed by atoms with Gasteiger partial charge in [0.05, 0.1) is 0 Å². The van der Waals surface area contributed by atoms with Gasteiger partial charge in [0.25, 0.3) is 0 Å². The molecule has 0 aliphatic heterocycles. The molecule has 10 heavy (non-hydrogen) atoms. The summed E-state index contributed by atoms with van der Waals surface area (Å²) in [6.07, 6.45) is 0. The van der Waals surface area contributed by atoms with Crippen LogP contribution in [0.3, 0.4) is 0 Å². The van der Waals surface area contributed by atoms with Crippen LogP contribution in [0.15, 0.2) is 0 Å². The molecule has 0 saturated carbocycles. The van der Waals surface area contributed by atoms with Crippen LogP contribution in [0.1, 0.15) is 20.8 Å². The fourth-order valence-corrected chi connectivity index (χ4v) is 3.19. The van der Waals surface area contributed by atoms with Gasteiger partial charge in [-0.25, -0.2) is 0 Å². The number of rotatable bonds is 5.